The Bertz CT molecular complexity index is 804. The largest absolute Gasteiger partial charge is 0.441 e. The molecule has 1 aromatic carbocycles. The van der Waals surface area contributed by atoms with Crippen molar-refractivity contribution in [3.63, 3.8) is 0 Å². The number of morpholine rings is 1. The predicted molar refractivity (Wildman–Crippen MR) is 85.9 cm³/mol. The van der Waals surface area contributed by atoms with E-state index in [1.54, 1.807) is 6.92 Å². The van der Waals surface area contributed by atoms with Gasteiger partial charge in [0.15, 0.2) is 0 Å². The molecule has 1 aromatic heterocycles. The third-order valence-electron chi connectivity index (χ3n) is 4.17. The fraction of sp³-hybridized carbons (Fsp3) is 0.412. The molecule has 2 heterocycles. The summed E-state index contributed by atoms with van der Waals surface area (Å²) in [5.41, 5.74) is 5.36. The van der Waals surface area contributed by atoms with E-state index in [0.29, 0.717) is 37.7 Å². The zero-order valence-corrected chi connectivity index (χ0v) is 14.0. The Hall–Kier alpha value is -2.39. The molecule has 1 saturated heterocycles. The highest BCUT2D eigenvalue weighted by molar-refractivity contribution is 5.79. The van der Waals surface area contributed by atoms with Gasteiger partial charge in [-0.15, -0.1) is 0 Å². The molecule has 9 heteroatoms. The maximum Gasteiger partial charge on any atom is 0.416 e. The van der Waals surface area contributed by atoms with Crippen LogP contribution in [0.25, 0.3) is 11.5 Å². The molecule has 1 aliphatic rings. The minimum Gasteiger partial charge on any atom is -0.441 e. The standard InChI is InChI=1S/C17H18F3N3O3/c1-10-13(8-23-5-6-25-14(9-23)15(21)24)22-16(26-10)11-3-2-4-12(7-11)17(18,19)20/h2-4,7,14H,5-6,8-9H2,1H3,(H2,21,24). The fourth-order valence-corrected chi connectivity index (χ4v) is 2.76. The summed E-state index contributed by atoms with van der Waals surface area (Å²) >= 11 is 0. The number of aromatic nitrogens is 1. The van der Waals surface area contributed by atoms with Crippen molar-refractivity contribution in [2.24, 2.45) is 5.73 Å². The monoisotopic (exact) mass is 369 g/mol. The lowest BCUT2D eigenvalue weighted by Crippen LogP contribution is -2.48. The average molecular weight is 369 g/mol. The SMILES string of the molecule is Cc1oc(-c2cccc(C(F)(F)F)c2)nc1CN1CCOC(C(N)=O)C1. The molecular weight excluding hydrogens is 351 g/mol. The summed E-state index contributed by atoms with van der Waals surface area (Å²) in [6.45, 7) is 3.38. The molecule has 1 amide bonds. The van der Waals surface area contributed by atoms with Gasteiger partial charge >= 0.3 is 6.18 Å². The van der Waals surface area contributed by atoms with Crippen LogP contribution in [0.3, 0.4) is 0 Å². The molecule has 0 saturated carbocycles. The maximum absolute atomic E-state index is 12.9. The number of rotatable bonds is 4. The predicted octanol–water partition coefficient (Wildman–Crippen LogP) is 2.35. The van der Waals surface area contributed by atoms with Gasteiger partial charge in [-0.1, -0.05) is 6.07 Å². The highest BCUT2D eigenvalue weighted by Crippen LogP contribution is 2.32. The summed E-state index contributed by atoms with van der Waals surface area (Å²) in [5.74, 6) is 0.110. The van der Waals surface area contributed by atoms with Gasteiger partial charge in [-0.3, -0.25) is 9.69 Å². The summed E-state index contributed by atoms with van der Waals surface area (Å²) in [6, 6.07) is 4.84. The Morgan fingerprint density at radius 3 is 2.88 bits per heavy atom. The van der Waals surface area contributed by atoms with Crippen molar-refractivity contribution in [2.75, 3.05) is 19.7 Å². The average Bonchev–Trinajstić information content (AvgIpc) is 2.95. The molecule has 2 N–H and O–H groups in total. The number of oxazole rings is 1. The van der Waals surface area contributed by atoms with Crippen LogP contribution in [0.15, 0.2) is 28.7 Å². The van der Waals surface area contributed by atoms with Gasteiger partial charge in [0.05, 0.1) is 17.9 Å². The second-order valence-corrected chi connectivity index (χ2v) is 6.10. The Labute approximate surface area is 147 Å². The van der Waals surface area contributed by atoms with Gasteiger partial charge < -0.3 is 14.9 Å². The normalized spacial score (nSPS) is 18.8. The maximum atomic E-state index is 12.9. The number of nitrogens with two attached hydrogens (primary N) is 1. The molecule has 1 unspecified atom stereocenters. The van der Waals surface area contributed by atoms with Crippen LogP contribution in [-0.2, 0) is 22.3 Å². The Kier molecular flexibility index (Phi) is 5.01. The second kappa shape index (κ2) is 7.08. The Morgan fingerprint density at radius 2 is 2.19 bits per heavy atom. The van der Waals surface area contributed by atoms with E-state index in [9.17, 15) is 18.0 Å². The first kappa shape index (κ1) is 18.4. The molecule has 0 aliphatic carbocycles. The Balaban J connectivity index is 1.78. The van der Waals surface area contributed by atoms with E-state index in [1.165, 1.54) is 12.1 Å². The highest BCUT2D eigenvalue weighted by Gasteiger charge is 2.31. The number of carbonyl (C=O) groups is 1. The van der Waals surface area contributed by atoms with Gasteiger partial charge in [0.25, 0.3) is 0 Å². The number of benzene rings is 1. The number of aryl methyl sites for hydroxylation is 1. The van der Waals surface area contributed by atoms with Crippen LogP contribution in [0, 0.1) is 6.92 Å². The quantitative estimate of drug-likeness (QED) is 0.895. The number of halogens is 3. The second-order valence-electron chi connectivity index (χ2n) is 6.10. The lowest BCUT2D eigenvalue weighted by molar-refractivity contribution is -0.137. The molecule has 1 aliphatic heterocycles. The molecule has 0 radical (unpaired) electrons. The van der Waals surface area contributed by atoms with E-state index in [1.807, 2.05) is 4.90 Å². The molecule has 140 valence electrons. The van der Waals surface area contributed by atoms with Gasteiger partial charge in [0, 0.05) is 25.2 Å². The number of hydrogen-bond acceptors (Lipinski definition) is 5. The highest BCUT2D eigenvalue weighted by atomic mass is 19.4. The first-order chi connectivity index (χ1) is 12.2. The number of hydrogen-bond donors (Lipinski definition) is 1. The summed E-state index contributed by atoms with van der Waals surface area (Å²) < 4.78 is 49.5. The molecular formula is C17H18F3N3O3. The third-order valence-corrected chi connectivity index (χ3v) is 4.17. The van der Waals surface area contributed by atoms with E-state index >= 15 is 0 Å². The first-order valence-electron chi connectivity index (χ1n) is 8.01. The van der Waals surface area contributed by atoms with Crippen molar-refractivity contribution in [1.82, 2.24) is 9.88 Å². The fourth-order valence-electron chi connectivity index (χ4n) is 2.76. The smallest absolute Gasteiger partial charge is 0.416 e. The molecule has 0 spiro atoms. The molecule has 6 nitrogen and oxygen atoms in total. The van der Waals surface area contributed by atoms with Crippen LogP contribution in [0.1, 0.15) is 17.0 Å². The summed E-state index contributed by atoms with van der Waals surface area (Å²) in [5, 5.41) is 0. The summed E-state index contributed by atoms with van der Waals surface area (Å²) in [6.07, 6.45) is -5.11. The van der Waals surface area contributed by atoms with Crippen LogP contribution in [0.5, 0.6) is 0 Å². The minimum absolute atomic E-state index is 0.128. The van der Waals surface area contributed by atoms with Gasteiger partial charge in [-0.2, -0.15) is 13.2 Å². The van der Waals surface area contributed by atoms with E-state index in [4.69, 9.17) is 14.9 Å². The summed E-state index contributed by atoms with van der Waals surface area (Å²) in [4.78, 5) is 17.5. The van der Waals surface area contributed by atoms with Gasteiger partial charge in [-0.05, 0) is 25.1 Å². The lowest BCUT2D eigenvalue weighted by atomic mass is 10.1. The van der Waals surface area contributed by atoms with E-state index in [-0.39, 0.29) is 11.5 Å². The summed E-state index contributed by atoms with van der Waals surface area (Å²) in [7, 11) is 0. The van der Waals surface area contributed by atoms with Crippen molar-refractivity contribution in [2.45, 2.75) is 25.7 Å². The van der Waals surface area contributed by atoms with Crippen LogP contribution < -0.4 is 5.73 Å². The van der Waals surface area contributed by atoms with E-state index in [0.717, 1.165) is 12.1 Å². The molecule has 2 aromatic rings. The minimum atomic E-state index is -4.43. The molecule has 0 bridgehead atoms. The molecule has 1 atom stereocenters. The van der Waals surface area contributed by atoms with Crippen molar-refractivity contribution in [1.29, 1.82) is 0 Å². The molecule has 1 fully saturated rings. The van der Waals surface area contributed by atoms with Crippen molar-refractivity contribution in [3.05, 3.63) is 41.3 Å². The number of primary amides is 1. The Morgan fingerprint density at radius 1 is 1.42 bits per heavy atom. The van der Waals surface area contributed by atoms with Crippen molar-refractivity contribution >= 4 is 5.91 Å². The van der Waals surface area contributed by atoms with Crippen LogP contribution >= 0.6 is 0 Å². The van der Waals surface area contributed by atoms with Crippen molar-refractivity contribution < 1.29 is 27.1 Å². The van der Waals surface area contributed by atoms with E-state index in [2.05, 4.69) is 4.98 Å². The number of amides is 1. The van der Waals surface area contributed by atoms with Gasteiger partial charge in [-0.25, -0.2) is 4.98 Å². The number of nitrogens with zero attached hydrogens (tertiary/aromatic N) is 2. The van der Waals surface area contributed by atoms with Crippen LogP contribution in [0.2, 0.25) is 0 Å². The van der Waals surface area contributed by atoms with Gasteiger partial charge in [0.1, 0.15) is 11.9 Å². The molecule has 26 heavy (non-hydrogen) atoms. The number of carbonyl (C=O) groups excluding carboxylic acids is 1. The molecule has 3 rings (SSSR count). The topological polar surface area (TPSA) is 81.6 Å². The third kappa shape index (κ3) is 4.05. The first-order valence-corrected chi connectivity index (χ1v) is 8.01. The zero-order valence-electron chi connectivity index (χ0n) is 14.0. The number of ether oxygens (including phenoxy) is 1. The van der Waals surface area contributed by atoms with Crippen LogP contribution in [-0.4, -0.2) is 41.6 Å². The van der Waals surface area contributed by atoms with Crippen LogP contribution in [0.4, 0.5) is 13.2 Å². The zero-order chi connectivity index (χ0) is 18.9. The van der Waals surface area contributed by atoms with Gasteiger partial charge in [0.2, 0.25) is 11.8 Å². The van der Waals surface area contributed by atoms with Crippen molar-refractivity contribution in [3.8, 4) is 11.5 Å². The van der Waals surface area contributed by atoms with E-state index < -0.39 is 23.8 Å². The lowest BCUT2D eigenvalue weighted by Gasteiger charge is -2.30. The number of alkyl halides is 3.